The number of rotatable bonds is 5. The molecule has 1 rings (SSSR count). The molecule has 0 aromatic rings. The van der Waals surface area contributed by atoms with Gasteiger partial charge in [0.2, 0.25) is 0 Å². The predicted molar refractivity (Wildman–Crippen MR) is 70.5 cm³/mol. The summed E-state index contributed by atoms with van der Waals surface area (Å²) in [6.45, 7) is 5.82. The van der Waals surface area contributed by atoms with Gasteiger partial charge in [0.15, 0.2) is 0 Å². The standard InChI is InChI=1S/C11H23NS2/c1-9(2)10(7-13)6-12(3)11-4-5-14-8-11/h9-11,13H,4-8H2,1-3H3. The van der Waals surface area contributed by atoms with E-state index in [0.717, 1.165) is 23.6 Å². The lowest BCUT2D eigenvalue weighted by Crippen LogP contribution is -2.37. The Bertz CT molecular complexity index is 155. The van der Waals surface area contributed by atoms with Gasteiger partial charge >= 0.3 is 0 Å². The van der Waals surface area contributed by atoms with Crippen LogP contribution in [0.25, 0.3) is 0 Å². The Morgan fingerprint density at radius 3 is 2.64 bits per heavy atom. The summed E-state index contributed by atoms with van der Waals surface area (Å²) >= 11 is 6.53. The van der Waals surface area contributed by atoms with Crippen molar-refractivity contribution in [3.8, 4) is 0 Å². The monoisotopic (exact) mass is 233 g/mol. The molecule has 1 aliphatic heterocycles. The van der Waals surface area contributed by atoms with Crippen LogP contribution < -0.4 is 0 Å². The van der Waals surface area contributed by atoms with Crippen molar-refractivity contribution >= 4 is 24.4 Å². The first-order chi connectivity index (χ1) is 6.65. The topological polar surface area (TPSA) is 3.24 Å². The molecule has 0 aromatic carbocycles. The Morgan fingerprint density at radius 1 is 1.50 bits per heavy atom. The van der Waals surface area contributed by atoms with E-state index in [-0.39, 0.29) is 0 Å². The minimum absolute atomic E-state index is 0.744. The Morgan fingerprint density at radius 2 is 2.21 bits per heavy atom. The van der Waals surface area contributed by atoms with E-state index < -0.39 is 0 Å². The van der Waals surface area contributed by atoms with Gasteiger partial charge in [-0.3, -0.25) is 0 Å². The van der Waals surface area contributed by atoms with Crippen LogP contribution in [0.4, 0.5) is 0 Å². The molecule has 0 saturated carbocycles. The van der Waals surface area contributed by atoms with Crippen molar-refractivity contribution in [1.82, 2.24) is 4.90 Å². The molecule has 3 heteroatoms. The third kappa shape index (κ3) is 3.67. The van der Waals surface area contributed by atoms with Crippen molar-refractivity contribution < 1.29 is 0 Å². The highest BCUT2D eigenvalue weighted by Gasteiger charge is 2.23. The molecule has 0 amide bonds. The second-order valence-corrected chi connectivity index (χ2v) is 6.16. The fourth-order valence-corrected chi connectivity index (χ4v) is 3.70. The highest BCUT2D eigenvalue weighted by atomic mass is 32.2. The zero-order chi connectivity index (χ0) is 10.6. The average molecular weight is 233 g/mol. The van der Waals surface area contributed by atoms with Crippen LogP contribution >= 0.6 is 24.4 Å². The van der Waals surface area contributed by atoms with Crippen molar-refractivity contribution in [3.05, 3.63) is 0 Å². The SMILES string of the molecule is CC(C)C(CS)CN(C)C1CCSC1. The Hall–Kier alpha value is 0.660. The first kappa shape index (κ1) is 12.7. The van der Waals surface area contributed by atoms with Crippen LogP contribution in [0, 0.1) is 11.8 Å². The second kappa shape index (κ2) is 6.29. The molecule has 1 fully saturated rings. The lowest BCUT2D eigenvalue weighted by atomic mass is 9.97. The molecule has 1 heterocycles. The Balaban J connectivity index is 2.33. The highest BCUT2D eigenvalue weighted by Crippen LogP contribution is 2.23. The van der Waals surface area contributed by atoms with E-state index in [1.54, 1.807) is 0 Å². The second-order valence-electron chi connectivity index (χ2n) is 4.64. The molecule has 0 spiro atoms. The summed E-state index contributed by atoms with van der Waals surface area (Å²) in [4.78, 5) is 2.54. The van der Waals surface area contributed by atoms with Crippen LogP contribution in [0.3, 0.4) is 0 Å². The van der Waals surface area contributed by atoms with Gasteiger partial charge in [-0.15, -0.1) is 0 Å². The zero-order valence-electron chi connectivity index (χ0n) is 9.57. The Kier molecular flexibility index (Phi) is 5.72. The first-order valence-corrected chi connectivity index (χ1v) is 7.32. The predicted octanol–water partition coefficient (Wildman–Crippen LogP) is 2.63. The number of hydrogen-bond acceptors (Lipinski definition) is 3. The van der Waals surface area contributed by atoms with Crippen molar-refractivity contribution in [1.29, 1.82) is 0 Å². The first-order valence-electron chi connectivity index (χ1n) is 5.54. The fraction of sp³-hybridized carbons (Fsp3) is 1.00. The van der Waals surface area contributed by atoms with Gasteiger partial charge in [-0.1, -0.05) is 13.8 Å². The number of hydrogen-bond donors (Lipinski definition) is 1. The third-order valence-corrected chi connectivity index (χ3v) is 4.84. The van der Waals surface area contributed by atoms with Crippen molar-refractivity contribution in [2.75, 3.05) is 30.9 Å². The molecule has 2 atom stereocenters. The van der Waals surface area contributed by atoms with Crippen LogP contribution in [0.1, 0.15) is 20.3 Å². The minimum Gasteiger partial charge on any atom is -0.302 e. The molecule has 14 heavy (non-hydrogen) atoms. The molecule has 0 aromatic heterocycles. The molecular weight excluding hydrogens is 210 g/mol. The maximum absolute atomic E-state index is 4.44. The average Bonchev–Trinajstić information content (AvgIpc) is 2.65. The van der Waals surface area contributed by atoms with Crippen LogP contribution in [0.2, 0.25) is 0 Å². The van der Waals surface area contributed by atoms with E-state index in [9.17, 15) is 0 Å². The number of thioether (sulfide) groups is 1. The maximum Gasteiger partial charge on any atom is 0.0191 e. The van der Waals surface area contributed by atoms with Crippen molar-refractivity contribution in [2.45, 2.75) is 26.3 Å². The molecule has 0 radical (unpaired) electrons. The molecule has 2 unspecified atom stereocenters. The summed E-state index contributed by atoms with van der Waals surface area (Å²) in [6.07, 6.45) is 1.37. The fourth-order valence-electron chi connectivity index (χ4n) is 1.87. The van der Waals surface area contributed by atoms with Gasteiger partial charge in [0.1, 0.15) is 0 Å². The van der Waals surface area contributed by atoms with Gasteiger partial charge in [0, 0.05) is 18.3 Å². The minimum atomic E-state index is 0.744. The zero-order valence-corrected chi connectivity index (χ0v) is 11.3. The molecule has 1 nitrogen and oxygen atoms in total. The maximum atomic E-state index is 4.44. The molecule has 84 valence electrons. The van der Waals surface area contributed by atoms with Crippen LogP contribution in [-0.2, 0) is 0 Å². The van der Waals surface area contributed by atoms with Crippen LogP contribution in [-0.4, -0.2) is 41.8 Å². The summed E-state index contributed by atoms with van der Waals surface area (Å²) in [5, 5.41) is 0. The van der Waals surface area contributed by atoms with Gasteiger partial charge in [0.05, 0.1) is 0 Å². The summed E-state index contributed by atoms with van der Waals surface area (Å²) in [7, 11) is 2.27. The lowest BCUT2D eigenvalue weighted by Gasteiger charge is -2.29. The Labute approximate surface area is 98.4 Å². The van der Waals surface area contributed by atoms with Gasteiger partial charge in [-0.2, -0.15) is 24.4 Å². The molecule has 1 saturated heterocycles. The summed E-state index contributed by atoms with van der Waals surface area (Å²) < 4.78 is 0. The smallest absolute Gasteiger partial charge is 0.0191 e. The third-order valence-electron chi connectivity index (χ3n) is 3.23. The van der Waals surface area contributed by atoms with Crippen molar-refractivity contribution in [2.24, 2.45) is 11.8 Å². The summed E-state index contributed by atoms with van der Waals surface area (Å²) in [5.41, 5.74) is 0. The van der Waals surface area contributed by atoms with E-state index in [4.69, 9.17) is 0 Å². The van der Waals surface area contributed by atoms with Crippen molar-refractivity contribution in [3.63, 3.8) is 0 Å². The molecule has 0 bridgehead atoms. The summed E-state index contributed by atoms with van der Waals surface area (Å²) in [5.74, 6) is 5.19. The number of thiol groups is 1. The summed E-state index contributed by atoms with van der Waals surface area (Å²) in [6, 6.07) is 0.820. The van der Waals surface area contributed by atoms with Gasteiger partial charge in [-0.05, 0) is 36.8 Å². The lowest BCUT2D eigenvalue weighted by molar-refractivity contribution is 0.206. The molecular formula is C11H23NS2. The van der Waals surface area contributed by atoms with E-state index in [0.29, 0.717) is 0 Å². The van der Waals surface area contributed by atoms with Gasteiger partial charge in [-0.25, -0.2) is 0 Å². The van der Waals surface area contributed by atoms with Crippen LogP contribution in [0.5, 0.6) is 0 Å². The molecule has 0 aliphatic carbocycles. The number of nitrogens with zero attached hydrogens (tertiary/aromatic N) is 1. The highest BCUT2D eigenvalue weighted by molar-refractivity contribution is 7.99. The normalized spacial score (nSPS) is 24.9. The molecule has 1 aliphatic rings. The van der Waals surface area contributed by atoms with E-state index >= 15 is 0 Å². The molecule has 0 N–H and O–H groups in total. The van der Waals surface area contributed by atoms with E-state index in [1.165, 1.54) is 24.5 Å². The van der Waals surface area contributed by atoms with E-state index in [1.807, 2.05) is 0 Å². The quantitative estimate of drug-likeness (QED) is 0.727. The van der Waals surface area contributed by atoms with Crippen LogP contribution in [0.15, 0.2) is 0 Å². The van der Waals surface area contributed by atoms with Gasteiger partial charge < -0.3 is 4.90 Å². The largest absolute Gasteiger partial charge is 0.302 e. The van der Waals surface area contributed by atoms with E-state index in [2.05, 4.69) is 50.2 Å². The van der Waals surface area contributed by atoms with Gasteiger partial charge in [0.25, 0.3) is 0 Å².